The van der Waals surface area contributed by atoms with Crippen LogP contribution < -0.4 is 5.32 Å². The first-order valence-corrected chi connectivity index (χ1v) is 10.5. The molecule has 0 radical (unpaired) electrons. The standard InChI is InChI=1S/C20H33N3O4/c1-15(24)21-16-9-10-18(27-14-16)20(26)22-11-12-23(19(25)13-22)17-7-5-3-2-4-6-8-17/h16-18H,2-14H2,1H3,(H,21,24). The molecule has 1 N–H and O–H groups in total. The Kier molecular flexibility index (Phi) is 7.10. The molecule has 3 amide bonds. The van der Waals surface area contributed by atoms with Crippen LogP contribution in [0.2, 0.25) is 0 Å². The summed E-state index contributed by atoms with van der Waals surface area (Å²) in [5.74, 6) is -0.0849. The number of carbonyl (C=O) groups excluding carboxylic acids is 3. The molecule has 27 heavy (non-hydrogen) atoms. The molecule has 2 saturated heterocycles. The number of amides is 3. The topological polar surface area (TPSA) is 79.0 Å². The number of carbonyl (C=O) groups is 3. The molecule has 2 aliphatic heterocycles. The van der Waals surface area contributed by atoms with E-state index in [4.69, 9.17) is 4.74 Å². The van der Waals surface area contributed by atoms with Crippen molar-refractivity contribution in [3.8, 4) is 0 Å². The maximum absolute atomic E-state index is 12.8. The van der Waals surface area contributed by atoms with Gasteiger partial charge in [0, 0.05) is 26.1 Å². The fourth-order valence-corrected chi connectivity index (χ4v) is 4.56. The molecule has 7 heteroatoms. The number of nitrogens with zero attached hydrogens (tertiary/aromatic N) is 2. The second-order valence-corrected chi connectivity index (χ2v) is 8.14. The Morgan fingerprint density at radius 2 is 1.70 bits per heavy atom. The van der Waals surface area contributed by atoms with Gasteiger partial charge < -0.3 is 19.9 Å². The average Bonchev–Trinajstić information content (AvgIpc) is 2.61. The maximum atomic E-state index is 12.8. The van der Waals surface area contributed by atoms with Gasteiger partial charge in [-0.25, -0.2) is 0 Å². The molecule has 0 aromatic rings. The monoisotopic (exact) mass is 379 g/mol. The molecule has 1 saturated carbocycles. The van der Waals surface area contributed by atoms with Gasteiger partial charge in [0.25, 0.3) is 5.91 Å². The van der Waals surface area contributed by atoms with Gasteiger partial charge in [0.05, 0.1) is 19.2 Å². The van der Waals surface area contributed by atoms with Crippen molar-refractivity contribution in [1.82, 2.24) is 15.1 Å². The largest absolute Gasteiger partial charge is 0.366 e. The molecule has 0 bridgehead atoms. The van der Waals surface area contributed by atoms with Crippen molar-refractivity contribution >= 4 is 17.7 Å². The summed E-state index contributed by atoms with van der Waals surface area (Å²) in [4.78, 5) is 40.3. The highest BCUT2D eigenvalue weighted by molar-refractivity contribution is 5.88. The Morgan fingerprint density at radius 3 is 2.30 bits per heavy atom. The van der Waals surface area contributed by atoms with Crippen molar-refractivity contribution < 1.29 is 19.1 Å². The van der Waals surface area contributed by atoms with Crippen LogP contribution in [0.5, 0.6) is 0 Å². The first kappa shape index (κ1) is 20.1. The van der Waals surface area contributed by atoms with E-state index in [0.717, 1.165) is 19.3 Å². The molecule has 3 aliphatic rings. The molecule has 0 spiro atoms. The second kappa shape index (κ2) is 9.53. The zero-order valence-corrected chi connectivity index (χ0v) is 16.5. The van der Waals surface area contributed by atoms with E-state index >= 15 is 0 Å². The highest BCUT2D eigenvalue weighted by Crippen LogP contribution is 2.24. The predicted molar refractivity (Wildman–Crippen MR) is 101 cm³/mol. The zero-order chi connectivity index (χ0) is 19.2. The van der Waals surface area contributed by atoms with Crippen LogP contribution in [0.4, 0.5) is 0 Å². The van der Waals surface area contributed by atoms with Crippen LogP contribution in [0.25, 0.3) is 0 Å². The van der Waals surface area contributed by atoms with E-state index in [-0.39, 0.29) is 30.3 Å². The minimum absolute atomic E-state index is 0.0238. The van der Waals surface area contributed by atoms with Gasteiger partial charge in [-0.05, 0) is 25.7 Å². The third kappa shape index (κ3) is 5.43. The zero-order valence-electron chi connectivity index (χ0n) is 16.5. The lowest BCUT2D eigenvalue weighted by Gasteiger charge is -2.41. The van der Waals surface area contributed by atoms with Crippen molar-refractivity contribution in [2.24, 2.45) is 0 Å². The van der Waals surface area contributed by atoms with Gasteiger partial charge in [0.15, 0.2) is 0 Å². The van der Waals surface area contributed by atoms with E-state index in [0.29, 0.717) is 32.2 Å². The summed E-state index contributed by atoms with van der Waals surface area (Å²) in [7, 11) is 0. The SMILES string of the molecule is CC(=O)NC1CCC(C(=O)N2CCN(C3CCCCCCC3)C(=O)C2)OC1. The van der Waals surface area contributed by atoms with Crippen LogP contribution in [-0.4, -0.2) is 72.0 Å². The number of nitrogens with one attached hydrogen (secondary N) is 1. The Hall–Kier alpha value is -1.63. The maximum Gasteiger partial charge on any atom is 0.252 e. The normalized spacial score (nSPS) is 28.4. The molecule has 0 aromatic heterocycles. The summed E-state index contributed by atoms with van der Waals surface area (Å²) < 4.78 is 5.68. The van der Waals surface area contributed by atoms with Gasteiger partial charge >= 0.3 is 0 Å². The number of ether oxygens (including phenoxy) is 1. The average molecular weight is 380 g/mol. The van der Waals surface area contributed by atoms with Crippen LogP contribution in [0.1, 0.15) is 64.7 Å². The quantitative estimate of drug-likeness (QED) is 0.805. The van der Waals surface area contributed by atoms with Crippen molar-refractivity contribution in [3.63, 3.8) is 0 Å². The summed E-state index contributed by atoms with van der Waals surface area (Å²) in [5.41, 5.74) is 0. The minimum Gasteiger partial charge on any atom is -0.366 e. The van der Waals surface area contributed by atoms with Gasteiger partial charge in [0.1, 0.15) is 6.10 Å². The van der Waals surface area contributed by atoms with Gasteiger partial charge in [-0.2, -0.15) is 0 Å². The lowest BCUT2D eigenvalue weighted by molar-refractivity contribution is -0.156. The van der Waals surface area contributed by atoms with Crippen LogP contribution in [0.3, 0.4) is 0 Å². The Balaban J connectivity index is 1.48. The molecule has 7 nitrogen and oxygen atoms in total. The molecule has 3 rings (SSSR count). The van der Waals surface area contributed by atoms with Gasteiger partial charge in [-0.15, -0.1) is 0 Å². The predicted octanol–water partition coefficient (Wildman–Crippen LogP) is 1.45. The molecular weight excluding hydrogens is 346 g/mol. The fourth-order valence-electron chi connectivity index (χ4n) is 4.56. The van der Waals surface area contributed by atoms with E-state index in [1.165, 1.54) is 39.0 Å². The molecule has 2 atom stereocenters. The summed E-state index contributed by atoms with van der Waals surface area (Å²) in [6, 6.07) is 0.323. The van der Waals surface area contributed by atoms with Crippen LogP contribution in [-0.2, 0) is 19.1 Å². The van der Waals surface area contributed by atoms with E-state index in [9.17, 15) is 14.4 Å². The highest BCUT2D eigenvalue weighted by atomic mass is 16.5. The summed E-state index contributed by atoms with van der Waals surface area (Å²) in [6.45, 7) is 3.24. The number of hydrogen-bond acceptors (Lipinski definition) is 4. The van der Waals surface area contributed by atoms with Crippen molar-refractivity contribution in [2.75, 3.05) is 26.2 Å². The molecule has 2 heterocycles. The van der Waals surface area contributed by atoms with Crippen LogP contribution in [0.15, 0.2) is 0 Å². The molecule has 0 aromatic carbocycles. The molecule has 1 aliphatic carbocycles. The van der Waals surface area contributed by atoms with Crippen LogP contribution >= 0.6 is 0 Å². The number of piperazine rings is 1. The van der Waals surface area contributed by atoms with E-state index in [1.807, 2.05) is 4.90 Å². The third-order valence-electron chi connectivity index (χ3n) is 6.04. The molecule has 2 unspecified atom stereocenters. The Morgan fingerprint density at radius 1 is 1.00 bits per heavy atom. The van der Waals surface area contributed by atoms with E-state index < -0.39 is 6.10 Å². The van der Waals surface area contributed by atoms with Crippen molar-refractivity contribution in [2.45, 2.75) is 82.9 Å². The number of hydrogen-bond donors (Lipinski definition) is 1. The molecule has 3 fully saturated rings. The summed E-state index contributed by atoms with van der Waals surface area (Å²) in [6.07, 6.45) is 9.25. The van der Waals surface area contributed by atoms with Crippen molar-refractivity contribution in [1.29, 1.82) is 0 Å². The third-order valence-corrected chi connectivity index (χ3v) is 6.04. The number of rotatable bonds is 3. The van der Waals surface area contributed by atoms with Gasteiger partial charge in [0.2, 0.25) is 11.8 Å². The lowest BCUT2D eigenvalue weighted by atomic mass is 9.95. The first-order chi connectivity index (χ1) is 13.0. The molecule has 152 valence electrons. The smallest absolute Gasteiger partial charge is 0.252 e. The Bertz CT molecular complexity index is 537. The first-order valence-electron chi connectivity index (χ1n) is 10.5. The van der Waals surface area contributed by atoms with Crippen LogP contribution in [0, 0.1) is 0 Å². The summed E-state index contributed by atoms with van der Waals surface area (Å²) in [5, 5.41) is 2.83. The Labute approximate surface area is 161 Å². The minimum atomic E-state index is -0.490. The second-order valence-electron chi connectivity index (χ2n) is 8.14. The fraction of sp³-hybridized carbons (Fsp3) is 0.850. The molecular formula is C20H33N3O4. The van der Waals surface area contributed by atoms with E-state index in [2.05, 4.69) is 5.32 Å². The van der Waals surface area contributed by atoms with Gasteiger partial charge in [-0.3, -0.25) is 14.4 Å². The van der Waals surface area contributed by atoms with E-state index in [1.54, 1.807) is 4.90 Å². The summed E-state index contributed by atoms with van der Waals surface area (Å²) >= 11 is 0. The van der Waals surface area contributed by atoms with Crippen molar-refractivity contribution in [3.05, 3.63) is 0 Å². The highest BCUT2D eigenvalue weighted by Gasteiger charge is 2.36. The van der Waals surface area contributed by atoms with Gasteiger partial charge in [-0.1, -0.05) is 32.1 Å². The lowest BCUT2D eigenvalue weighted by Crippen LogP contribution is -2.58.